The van der Waals surface area contributed by atoms with Gasteiger partial charge in [-0.1, -0.05) is 31.2 Å². The number of aryl methyl sites for hydroxylation is 3. The highest BCUT2D eigenvalue weighted by Crippen LogP contribution is 2.38. The lowest BCUT2D eigenvalue weighted by Crippen LogP contribution is -2.28. The monoisotopic (exact) mass is 481 g/mol. The van der Waals surface area contributed by atoms with Gasteiger partial charge in [0.25, 0.3) is 0 Å². The fraction of sp³-hybridized carbons (Fsp3) is 0.448. The molecule has 0 unspecified atom stereocenters. The highest BCUT2D eigenvalue weighted by molar-refractivity contribution is 5.83. The van der Waals surface area contributed by atoms with Gasteiger partial charge in [-0.2, -0.15) is 13.2 Å². The molecule has 0 saturated heterocycles. The molecule has 2 aromatic heterocycles. The highest BCUT2D eigenvalue weighted by atomic mass is 19.4. The first-order chi connectivity index (χ1) is 16.7. The van der Waals surface area contributed by atoms with Crippen molar-refractivity contribution in [2.45, 2.75) is 66.2 Å². The van der Waals surface area contributed by atoms with Gasteiger partial charge in [0.2, 0.25) is 0 Å². The van der Waals surface area contributed by atoms with Crippen LogP contribution < -0.4 is 0 Å². The average molecular weight is 482 g/mol. The SMILES string of the molecule is CCCN(Cc1c(C(F)(F)F)cc2n(Cc3cc(C)c(C)cc3C)c3ccccc3n12)CC1CC1. The van der Waals surface area contributed by atoms with E-state index in [2.05, 4.69) is 49.3 Å². The summed E-state index contributed by atoms with van der Waals surface area (Å²) < 4.78 is 47.0. The van der Waals surface area contributed by atoms with Crippen LogP contribution >= 0.6 is 0 Å². The number of para-hydroxylation sites is 2. The van der Waals surface area contributed by atoms with Gasteiger partial charge in [-0.25, -0.2) is 0 Å². The Hall–Kier alpha value is -2.73. The Labute approximate surface area is 205 Å². The van der Waals surface area contributed by atoms with Crippen LogP contribution in [-0.4, -0.2) is 27.0 Å². The van der Waals surface area contributed by atoms with Crippen molar-refractivity contribution in [1.82, 2.24) is 13.9 Å². The standard InChI is InChI=1S/C29H34F3N3/c1-5-12-33(16-22-10-11-22)18-27-24(29(30,31)32)15-28-34(25-8-6-7-9-26(25)35(27)28)17-23-14-20(3)19(2)13-21(23)4/h6-9,13-15,22H,5,10-12,16-18H2,1-4H3. The van der Waals surface area contributed by atoms with Gasteiger partial charge in [-0.05, 0) is 92.9 Å². The first-order valence-electron chi connectivity index (χ1n) is 12.6. The van der Waals surface area contributed by atoms with Crippen LogP contribution in [0.5, 0.6) is 0 Å². The predicted octanol–water partition coefficient (Wildman–Crippen LogP) is 7.51. The second-order valence-corrected chi connectivity index (χ2v) is 10.3. The van der Waals surface area contributed by atoms with Crippen LogP contribution in [0.4, 0.5) is 13.2 Å². The van der Waals surface area contributed by atoms with Crippen LogP contribution in [0.3, 0.4) is 0 Å². The fourth-order valence-corrected chi connectivity index (χ4v) is 5.37. The van der Waals surface area contributed by atoms with Crippen molar-refractivity contribution in [3.05, 3.63) is 76.0 Å². The van der Waals surface area contributed by atoms with E-state index in [9.17, 15) is 13.2 Å². The van der Waals surface area contributed by atoms with E-state index >= 15 is 0 Å². The Morgan fingerprint density at radius 1 is 0.943 bits per heavy atom. The van der Waals surface area contributed by atoms with Gasteiger partial charge in [-0.15, -0.1) is 0 Å². The minimum absolute atomic E-state index is 0.310. The number of nitrogens with zero attached hydrogens (tertiary/aromatic N) is 3. The molecule has 0 aliphatic heterocycles. The zero-order chi connectivity index (χ0) is 24.9. The molecule has 0 bridgehead atoms. The Bertz CT molecular complexity index is 1370. The number of alkyl halides is 3. The molecule has 0 amide bonds. The third-order valence-electron chi connectivity index (χ3n) is 7.49. The lowest BCUT2D eigenvalue weighted by molar-refractivity contribution is -0.138. The Morgan fingerprint density at radius 3 is 2.29 bits per heavy atom. The smallest absolute Gasteiger partial charge is 0.321 e. The van der Waals surface area contributed by atoms with Gasteiger partial charge in [0.15, 0.2) is 0 Å². The van der Waals surface area contributed by atoms with Crippen LogP contribution in [0.25, 0.3) is 16.7 Å². The first kappa shape index (κ1) is 24.0. The normalized spacial score (nSPS) is 14.6. The maximum atomic E-state index is 14.4. The summed E-state index contributed by atoms with van der Waals surface area (Å²) in [6.07, 6.45) is -1.10. The van der Waals surface area contributed by atoms with Crippen molar-refractivity contribution in [2.75, 3.05) is 13.1 Å². The Balaban J connectivity index is 1.69. The highest BCUT2D eigenvalue weighted by Gasteiger charge is 2.38. The molecule has 1 saturated carbocycles. The molecule has 1 aliphatic carbocycles. The molecule has 6 heteroatoms. The van der Waals surface area contributed by atoms with Gasteiger partial charge in [0.1, 0.15) is 5.65 Å². The van der Waals surface area contributed by atoms with Crippen molar-refractivity contribution >= 4 is 16.7 Å². The third kappa shape index (κ3) is 4.61. The number of hydrogen-bond donors (Lipinski definition) is 0. The molecular formula is C29H34F3N3. The Morgan fingerprint density at radius 2 is 1.63 bits per heavy atom. The molecule has 0 N–H and O–H groups in total. The van der Waals surface area contributed by atoms with Crippen LogP contribution in [0.1, 0.15) is 59.7 Å². The van der Waals surface area contributed by atoms with Gasteiger partial charge >= 0.3 is 6.18 Å². The first-order valence-corrected chi connectivity index (χ1v) is 12.6. The lowest BCUT2D eigenvalue weighted by atomic mass is 10.0. The molecule has 35 heavy (non-hydrogen) atoms. The lowest BCUT2D eigenvalue weighted by Gasteiger charge is -2.22. The van der Waals surface area contributed by atoms with Gasteiger partial charge in [0, 0.05) is 19.6 Å². The van der Waals surface area contributed by atoms with E-state index in [0.29, 0.717) is 30.3 Å². The minimum atomic E-state index is -4.40. The van der Waals surface area contributed by atoms with E-state index < -0.39 is 11.7 Å². The van der Waals surface area contributed by atoms with Gasteiger partial charge in [-0.3, -0.25) is 9.30 Å². The minimum Gasteiger partial charge on any atom is -0.321 e. The molecule has 1 aliphatic rings. The van der Waals surface area contributed by atoms with Crippen LogP contribution in [0.15, 0.2) is 42.5 Å². The molecule has 0 spiro atoms. The number of hydrogen-bond acceptors (Lipinski definition) is 1. The van der Waals surface area contributed by atoms with E-state index in [4.69, 9.17) is 0 Å². The topological polar surface area (TPSA) is 12.6 Å². The molecule has 5 rings (SSSR count). The number of halogens is 3. The number of rotatable bonds is 8. The molecule has 2 heterocycles. The molecule has 2 aromatic carbocycles. The molecule has 4 aromatic rings. The summed E-state index contributed by atoms with van der Waals surface area (Å²) in [5.74, 6) is 0.625. The quantitative estimate of drug-likeness (QED) is 0.254. The van der Waals surface area contributed by atoms with E-state index in [-0.39, 0.29) is 0 Å². The van der Waals surface area contributed by atoms with Crippen molar-refractivity contribution in [3.63, 3.8) is 0 Å². The van der Waals surface area contributed by atoms with Gasteiger partial charge in [0.05, 0.1) is 22.3 Å². The molecule has 3 nitrogen and oxygen atoms in total. The molecule has 186 valence electrons. The Kier molecular flexibility index (Phi) is 6.20. The summed E-state index contributed by atoms with van der Waals surface area (Å²) in [4.78, 5) is 2.22. The number of aromatic nitrogens is 2. The second kappa shape index (κ2) is 9.05. The van der Waals surface area contributed by atoms with Crippen molar-refractivity contribution in [1.29, 1.82) is 0 Å². The summed E-state index contributed by atoms with van der Waals surface area (Å²) in [7, 11) is 0. The van der Waals surface area contributed by atoms with E-state index in [1.165, 1.54) is 30.0 Å². The molecule has 0 radical (unpaired) electrons. The second-order valence-electron chi connectivity index (χ2n) is 10.3. The molecular weight excluding hydrogens is 447 g/mol. The van der Waals surface area contributed by atoms with E-state index in [0.717, 1.165) is 41.7 Å². The summed E-state index contributed by atoms with van der Waals surface area (Å²) in [6, 6.07) is 13.5. The molecule has 0 atom stereocenters. The number of benzene rings is 2. The predicted molar refractivity (Wildman–Crippen MR) is 136 cm³/mol. The fourth-order valence-electron chi connectivity index (χ4n) is 5.37. The maximum Gasteiger partial charge on any atom is 0.418 e. The van der Waals surface area contributed by atoms with Crippen LogP contribution in [-0.2, 0) is 19.3 Å². The number of fused-ring (bicyclic) bond motifs is 3. The zero-order valence-corrected chi connectivity index (χ0v) is 21.0. The third-order valence-corrected chi connectivity index (χ3v) is 7.49. The molecule has 1 fully saturated rings. The summed E-state index contributed by atoms with van der Waals surface area (Å²) in [5.41, 5.74) is 6.95. The summed E-state index contributed by atoms with van der Waals surface area (Å²) >= 11 is 0. The van der Waals surface area contributed by atoms with Crippen molar-refractivity contribution in [3.8, 4) is 0 Å². The maximum absolute atomic E-state index is 14.4. The summed E-state index contributed by atoms with van der Waals surface area (Å²) in [6.45, 7) is 10.9. The average Bonchev–Trinajstić information content (AvgIpc) is 3.45. The van der Waals surface area contributed by atoms with Crippen molar-refractivity contribution in [2.24, 2.45) is 5.92 Å². The van der Waals surface area contributed by atoms with Crippen LogP contribution in [0, 0.1) is 26.7 Å². The largest absolute Gasteiger partial charge is 0.418 e. The number of imidazole rings is 1. The van der Waals surface area contributed by atoms with E-state index in [1.54, 1.807) is 0 Å². The van der Waals surface area contributed by atoms with Gasteiger partial charge < -0.3 is 4.57 Å². The zero-order valence-electron chi connectivity index (χ0n) is 21.0. The van der Waals surface area contributed by atoms with E-state index in [1.807, 2.05) is 28.7 Å². The van der Waals surface area contributed by atoms with Crippen LogP contribution in [0.2, 0.25) is 0 Å². The van der Waals surface area contributed by atoms with Crippen molar-refractivity contribution < 1.29 is 13.2 Å². The summed E-state index contributed by atoms with van der Waals surface area (Å²) in [5, 5.41) is 0.